The van der Waals surface area contributed by atoms with E-state index in [0.717, 1.165) is 55.4 Å². The maximum Gasteiger partial charge on any atom is 0.231 e. The highest BCUT2D eigenvalue weighted by Crippen LogP contribution is 2.34. The van der Waals surface area contributed by atoms with Crippen LogP contribution in [0.25, 0.3) is 11.4 Å². The minimum Gasteiger partial charge on any atom is -0.342 e. The molecule has 0 bridgehead atoms. The summed E-state index contributed by atoms with van der Waals surface area (Å²) in [7, 11) is 0. The van der Waals surface area contributed by atoms with Gasteiger partial charge in [0.2, 0.25) is 11.8 Å². The first kappa shape index (κ1) is 20.6. The van der Waals surface area contributed by atoms with Gasteiger partial charge in [-0.1, -0.05) is 35.3 Å². The van der Waals surface area contributed by atoms with Crippen molar-refractivity contribution in [1.82, 2.24) is 29.8 Å². The highest BCUT2D eigenvalue weighted by atomic mass is 16.5. The molecule has 3 aliphatic rings. The molecule has 1 saturated heterocycles. The van der Waals surface area contributed by atoms with Gasteiger partial charge in [0.05, 0.1) is 5.92 Å². The number of carbonyl (C=O) groups is 1. The molecule has 6 rings (SSSR count). The van der Waals surface area contributed by atoms with E-state index in [0.29, 0.717) is 24.8 Å². The van der Waals surface area contributed by atoms with Gasteiger partial charge in [-0.2, -0.15) is 4.98 Å². The molecule has 2 aromatic heterocycles. The zero-order chi connectivity index (χ0) is 22.4. The Kier molecular flexibility index (Phi) is 5.23. The Morgan fingerprint density at radius 1 is 1.06 bits per heavy atom. The van der Waals surface area contributed by atoms with Gasteiger partial charge in [-0.05, 0) is 44.6 Å². The summed E-state index contributed by atoms with van der Waals surface area (Å²) in [5.74, 6) is 4.63. The fourth-order valence-electron chi connectivity index (χ4n) is 5.39. The summed E-state index contributed by atoms with van der Waals surface area (Å²) in [6, 6.07) is 8.37. The van der Waals surface area contributed by atoms with Crippen LogP contribution in [0.4, 0.5) is 0 Å². The molecule has 2 aliphatic heterocycles. The number of aryl methyl sites for hydroxylation is 2. The first-order valence-corrected chi connectivity index (χ1v) is 12.2. The van der Waals surface area contributed by atoms with E-state index in [1.165, 1.54) is 24.8 Å². The highest BCUT2D eigenvalue weighted by molar-refractivity contribution is 5.77. The number of benzene rings is 1. The van der Waals surface area contributed by atoms with Crippen LogP contribution < -0.4 is 0 Å². The van der Waals surface area contributed by atoms with Crippen LogP contribution in [-0.4, -0.2) is 48.8 Å². The van der Waals surface area contributed by atoms with Crippen LogP contribution in [0.2, 0.25) is 0 Å². The number of hydrogen-bond acceptors (Lipinski definition) is 6. The summed E-state index contributed by atoms with van der Waals surface area (Å²) in [5.41, 5.74) is 2.29. The fraction of sp³-hybridized carbons (Fsp3) is 0.560. The second-order valence-electron chi connectivity index (χ2n) is 9.98. The number of carbonyl (C=O) groups excluding carboxylic acids is 1. The van der Waals surface area contributed by atoms with Gasteiger partial charge >= 0.3 is 0 Å². The molecular weight excluding hydrogens is 416 g/mol. The van der Waals surface area contributed by atoms with Gasteiger partial charge in [-0.3, -0.25) is 4.79 Å². The van der Waals surface area contributed by atoms with E-state index in [1.54, 1.807) is 0 Å². The second-order valence-corrected chi connectivity index (χ2v) is 9.98. The van der Waals surface area contributed by atoms with Gasteiger partial charge in [-0.25, -0.2) is 0 Å². The normalized spacial score (nSPS) is 23.4. The Hall–Kier alpha value is -3.03. The van der Waals surface area contributed by atoms with Crippen molar-refractivity contribution in [3.05, 3.63) is 47.4 Å². The first-order valence-electron chi connectivity index (χ1n) is 12.2. The highest BCUT2D eigenvalue weighted by Gasteiger charge is 2.34. The number of fused-ring (bicyclic) bond motifs is 1. The lowest BCUT2D eigenvalue weighted by Gasteiger charge is -2.36. The molecule has 172 valence electrons. The molecule has 0 spiro atoms. The van der Waals surface area contributed by atoms with E-state index in [9.17, 15) is 4.79 Å². The number of piperidine rings is 1. The standard InChI is InChI=1S/C25H30N6O2/c1-16-4-2-7-18(12-16)24-28-27-21-10-8-20(15-31(21)24)25-26-23(29-33-25)19-9-11-22(32)30(14-19)13-17-5-3-6-17/h2,4,7,12,17,19-20H,3,5-6,8-11,13-15H2,1H3. The summed E-state index contributed by atoms with van der Waals surface area (Å²) >= 11 is 0. The van der Waals surface area contributed by atoms with E-state index in [-0.39, 0.29) is 17.7 Å². The number of likely N-dealkylation sites (tertiary alicyclic amines) is 1. The van der Waals surface area contributed by atoms with E-state index >= 15 is 0 Å². The topological polar surface area (TPSA) is 89.9 Å². The molecule has 3 aromatic rings. The van der Waals surface area contributed by atoms with Gasteiger partial charge in [0, 0.05) is 44.0 Å². The Morgan fingerprint density at radius 2 is 1.94 bits per heavy atom. The molecule has 4 heterocycles. The lowest BCUT2D eigenvalue weighted by molar-refractivity contribution is -0.135. The maximum atomic E-state index is 12.4. The van der Waals surface area contributed by atoms with Gasteiger partial charge in [0.25, 0.3) is 0 Å². The van der Waals surface area contributed by atoms with Gasteiger partial charge in [-0.15, -0.1) is 10.2 Å². The summed E-state index contributed by atoms with van der Waals surface area (Å²) in [6.07, 6.45) is 6.94. The predicted octanol–water partition coefficient (Wildman–Crippen LogP) is 3.87. The van der Waals surface area contributed by atoms with Gasteiger partial charge in [0.15, 0.2) is 11.6 Å². The first-order chi connectivity index (χ1) is 16.1. The number of hydrogen-bond donors (Lipinski definition) is 0. The molecule has 2 atom stereocenters. The molecule has 1 amide bonds. The quantitative estimate of drug-likeness (QED) is 0.591. The van der Waals surface area contributed by atoms with Crippen LogP contribution in [0.3, 0.4) is 0 Å². The average Bonchev–Trinajstić information content (AvgIpc) is 3.44. The van der Waals surface area contributed by atoms with E-state index in [2.05, 4.69) is 51.1 Å². The molecule has 8 nitrogen and oxygen atoms in total. The van der Waals surface area contributed by atoms with Crippen LogP contribution in [0.1, 0.15) is 73.5 Å². The zero-order valence-corrected chi connectivity index (χ0v) is 19.1. The third-order valence-electron chi connectivity index (χ3n) is 7.60. The minimum atomic E-state index is 0.148. The number of aromatic nitrogens is 5. The predicted molar refractivity (Wildman–Crippen MR) is 121 cm³/mol. The monoisotopic (exact) mass is 446 g/mol. The molecule has 2 unspecified atom stereocenters. The smallest absolute Gasteiger partial charge is 0.231 e. The van der Waals surface area contributed by atoms with Crippen LogP contribution in [-0.2, 0) is 17.8 Å². The molecule has 8 heteroatoms. The van der Waals surface area contributed by atoms with Gasteiger partial charge < -0.3 is 14.0 Å². The van der Waals surface area contributed by atoms with Crippen molar-refractivity contribution in [2.75, 3.05) is 13.1 Å². The van der Waals surface area contributed by atoms with Crippen molar-refractivity contribution in [3.8, 4) is 11.4 Å². The third-order valence-corrected chi connectivity index (χ3v) is 7.60. The second kappa shape index (κ2) is 8.39. The Labute approximate surface area is 193 Å². The fourth-order valence-corrected chi connectivity index (χ4v) is 5.39. The maximum absolute atomic E-state index is 12.4. The number of nitrogens with zero attached hydrogens (tertiary/aromatic N) is 6. The number of rotatable bonds is 5. The van der Waals surface area contributed by atoms with Crippen molar-refractivity contribution in [3.63, 3.8) is 0 Å². The summed E-state index contributed by atoms with van der Waals surface area (Å²) in [5, 5.41) is 13.3. The third kappa shape index (κ3) is 3.96. The van der Waals surface area contributed by atoms with Crippen LogP contribution in [0.15, 0.2) is 28.8 Å². The lowest BCUT2D eigenvalue weighted by Crippen LogP contribution is -2.43. The molecule has 0 radical (unpaired) electrons. The van der Waals surface area contributed by atoms with E-state index in [1.807, 2.05) is 4.90 Å². The van der Waals surface area contributed by atoms with Crippen molar-refractivity contribution >= 4 is 5.91 Å². The van der Waals surface area contributed by atoms with Gasteiger partial charge in [0.1, 0.15) is 5.82 Å². The van der Waals surface area contributed by atoms with Crippen LogP contribution in [0.5, 0.6) is 0 Å². The molecule has 2 fully saturated rings. The van der Waals surface area contributed by atoms with Crippen molar-refractivity contribution in [1.29, 1.82) is 0 Å². The lowest BCUT2D eigenvalue weighted by atomic mass is 9.84. The molecular formula is C25H30N6O2. The SMILES string of the molecule is Cc1cccc(-c2nnc3n2CC(c2nc(C4CCC(=O)N(CC5CCC5)C4)no2)CC3)c1. The number of amides is 1. The van der Waals surface area contributed by atoms with Crippen LogP contribution >= 0.6 is 0 Å². The Balaban J connectivity index is 1.18. The largest absolute Gasteiger partial charge is 0.342 e. The van der Waals surface area contributed by atoms with Crippen LogP contribution in [0, 0.1) is 12.8 Å². The zero-order valence-electron chi connectivity index (χ0n) is 19.1. The van der Waals surface area contributed by atoms with E-state index < -0.39 is 0 Å². The molecule has 1 aromatic carbocycles. The van der Waals surface area contributed by atoms with Crippen molar-refractivity contribution < 1.29 is 9.32 Å². The average molecular weight is 447 g/mol. The molecule has 33 heavy (non-hydrogen) atoms. The van der Waals surface area contributed by atoms with Crippen molar-refractivity contribution in [2.24, 2.45) is 5.92 Å². The molecule has 1 aliphatic carbocycles. The minimum absolute atomic E-state index is 0.148. The van der Waals surface area contributed by atoms with Crippen molar-refractivity contribution in [2.45, 2.75) is 70.3 Å². The summed E-state index contributed by atoms with van der Waals surface area (Å²) in [4.78, 5) is 19.3. The summed E-state index contributed by atoms with van der Waals surface area (Å²) in [6.45, 7) is 4.43. The summed E-state index contributed by atoms with van der Waals surface area (Å²) < 4.78 is 7.97. The Morgan fingerprint density at radius 3 is 2.76 bits per heavy atom. The van der Waals surface area contributed by atoms with E-state index in [4.69, 9.17) is 9.51 Å². The molecule has 0 N–H and O–H groups in total. The Bertz CT molecular complexity index is 1160. The molecule has 1 saturated carbocycles.